The first-order valence-corrected chi connectivity index (χ1v) is 7.75. The van der Waals surface area contributed by atoms with Gasteiger partial charge in [-0.15, -0.1) is 0 Å². The molecule has 1 N–H and O–H groups in total. The molecule has 18 heavy (non-hydrogen) atoms. The van der Waals surface area contributed by atoms with Gasteiger partial charge in [-0.05, 0) is 43.9 Å². The van der Waals surface area contributed by atoms with E-state index in [2.05, 4.69) is 24.1 Å². The summed E-state index contributed by atoms with van der Waals surface area (Å²) in [5.74, 6) is 1.97. The summed E-state index contributed by atoms with van der Waals surface area (Å²) < 4.78 is 0. The summed E-state index contributed by atoms with van der Waals surface area (Å²) in [5, 5.41) is 3.66. The Morgan fingerprint density at radius 2 is 2.06 bits per heavy atom. The molecule has 0 bridgehead atoms. The molecule has 102 valence electrons. The molecular formula is C15H26N2O. The molecule has 1 heterocycles. The molecule has 0 aromatic rings. The van der Waals surface area contributed by atoms with Crippen molar-refractivity contribution in [1.82, 2.24) is 10.2 Å². The minimum atomic E-state index is -0.177. The van der Waals surface area contributed by atoms with Crippen LogP contribution in [0.1, 0.15) is 58.8 Å². The maximum absolute atomic E-state index is 12.7. The summed E-state index contributed by atoms with van der Waals surface area (Å²) >= 11 is 0. The highest BCUT2D eigenvalue weighted by atomic mass is 16.2. The molecule has 2 aliphatic carbocycles. The second kappa shape index (κ2) is 4.52. The average molecular weight is 250 g/mol. The molecule has 0 aromatic carbocycles. The van der Waals surface area contributed by atoms with Gasteiger partial charge < -0.3 is 4.90 Å². The van der Waals surface area contributed by atoms with Crippen molar-refractivity contribution >= 4 is 5.91 Å². The quantitative estimate of drug-likeness (QED) is 0.831. The summed E-state index contributed by atoms with van der Waals surface area (Å²) in [4.78, 5) is 14.9. The van der Waals surface area contributed by atoms with Crippen LogP contribution in [0, 0.1) is 11.8 Å². The first kappa shape index (κ1) is 12.5. The summed E-state index contributed by atoms with van der Waals surface area (Å²) in [6.45, 7) is 5.47. The normalized spacial score (nSPS) is 32.4. The van der Waals surface area contributed by atoms with Gasteiger partial charge in [0.15, 0.2) is 0 Å². The van der Waals surface area contributed by atoms with E-state index in [0.717, 1.165) is 31.7 Å². The van der Waals surface area contributed by atoms with Crippen molar-refractivity contribution in [2.24, 2.45) is 11.8 Å². The van der Waals surface area contributed by atoms with Crippen molar-refractivity contribution in [2.45, 2.75) is 70.5 Å². The molecule has 3 nitrogen and oxygen atoms in total. The third-order valence-corrected chi connectivity index (χ3v) is 5.24. The molecule has 3 heteroatoms. The lowest BCUT2D eigenvalue weighted by Crippen LogP contribution is -2.44. The first-order valence-electron chi connectivity index (χ1n) is 7.75. The zero-order valence-corrected chi connectivity index (χ0v) is 11.7. The number of rotatable bonds is 4. The maximum atomic E-state index is 12.7. The lowest BCUT2D eigenvalue weighted by Gasteiger charge is -2.26. The molecule has 3 fully saturated rings. The van der Waals surface area contributed by atoms with Crippen LogP contribution in [-0.2, 0) is 4.79 Å². The van der Waals surface area contributed by atoms with Crippen molar-refractivity contribution in [3.8, 4) is 0 Å². The van der Waals surface area contributed by atoms with Crippen LogP contribution in [0.3, 0.4) is 0 Å². The van der Waals surface area contributed by atoms with E-state index in [9.17, 15) is 4.79 Å². The van der Waals surface area contributed by atoms with Crippen molar-refractivity contribution in [3.63, 3.8) is 0 Å². The van der Waals surface area contributed by atoms with E-state index in [4.69, 9.17) is 0 Å². The van der Waals surface area contributed by atoms with E-state index in [1.165, 1.54) is 25.7 Å². The fourth-order valence-electron chi connectivity index (χ4n) is 3.87. The lowest BCUT2D eigenvalue weighted by molar-refractivity contribution is -0.133. The molecule has 2 saturated carbocycles. The Bertz CT molecular complexity index is 331. The Hall–Kier alpha value is -0.570. The fraction of sp³-hybridized carbons (Fsp3) is 0.933. The van der Waals surface area contributed by atoms with Gasteiger partial charge in [0.1, 0.15) is 0 Å². The van der Waals surface area contributed by atoms with Gasteiger partial charge in [0.25, 0.3) is 0 Å². The first-order chi connectivity index (χ1) is 8.66. The van der Waals surface area contributed by atoms with Crippen LogP contribution < -0.4 is 5.32 Å². The van der Waals surface area contributed by atoms with Gasteiger partial charge in [0.05, 0.1) is 11.7 Å². The third kappa shape index (κ3) is 1.97. The molecule has 0 radical (unpaired) electrons. The van der Waals surface area contributed by atoms with Crippen molar-refractivity contribution < 1.29 is 4.79 Å². The zero-order chi connectivity index (χ0) is 12.8. The van der Waals surface area contributed by atoms with Crippen LogP contribution in [0.25, 0.3) is 0 Å². The summed E-state index contributed by atoms with van der Waals surface area (Å²) in [7, 11) is 0. The standard InChI is InChI=1S/C15H26N2O/c1-3-13-16-15(8-4-5-9-15)14(18)17(13)10-11(2)12-6-7-12/h11-13,16H,3-10H2,1-2H3. The van der Waals surface area contributed by atoms with Gasteiger partial charge in [-0.25, -0.2) is 0 Å². The number of carbonyl (C=O) groups is 1. The summed E-state index contributed by atoms with van der Waals surface area (Å²) in [5.41, 5.74) is -0.177. The highest BCUT2D eigenvalue weighted by Gasteiger charge is 2.52. The predicted octanol–water partition coefficient (Wildman–Crippen LogP) is 2.51. The smallest absolute Gasteiger partial charge is 0.244 e. The Morgan fingerprint density at radius 3 is 2.61 bits per heavy atom. The van der Waals surface area contributed by atoms with Crippen LogP contribution in [0.2, 0.25) is 0 Å². The maximum Gasteiger partial charge on any atom is 0.244 e. The number of carbonyl (C=O) groups excluding carboxylic acids is 1. The largest absolute Gasteiger partial charge is 0.325 e. The number of nitrogens with one attached hydrogen (secondary N) is 1. The highest BCUT2D eigenvalue weighted by molar-refractivity contribution is 5.89. The molecule has 0 aromatic heterocycles. The fourth-order valence-corrected chi connectivity index (χ4v) is 3.87. The van der Waals surface area contributed by atoms with Crippen molar-refractivity contribution in [2.75, 3.05) is 6.54 Å². The topological polar surface area (TPSA) is 32.3 Å². The minimum absolute atomic E-state index is 0.177. The summed E-state index contributed by atoms with van der Waals surface area (Å²) in [6, 6.07) is 0. The van der Waals surface area contributed by atoms with Crippen LogP contribution in [0.15, 0.2) is 0 Å². The van der Waals surface area contributed by atoms with Gasteiger partial charge in [-0.2, -0.15) is 0 Å². The van der Waals surface area contributed by atoms with E-state index in [0.29, 0.717) is 11.8 Å². The van der Waals surface area contributed by atoms with E-state index in [1.807, 2.05) is 0 Å². The van der Waals surface area contributed by atoms with Gasteiger partial charge in [-0.1, -0.05) is 26.7 Å². The molecule has 1 spiro atoms. The van der Waals surface area contributed by atoms with E-state index in [-0.39, 0.29) is 11.7 Å². The molecular weight excluding hydrogens is 224 g/mol. The second-order valence-electron chi connectivity index (χ2n) is 6.63. The van der Waals surface area contributed by atoms with Crippen LogP contribution >= 0.6 is 0 Å². The molecule has 2 unspecified atom stereocenters. The van der Waals surface area contributed by atoms with Crippen LogP contribution in [-0.4, -0.2) is 29.1 Å². The molecule has 1 amide bonds. The Morgan fingerprint density at radius 1 is 1.39 bits per heavy atom. The second-order valence-corrected chi connectivity index (χ2v) is 6.63. The Balaban J connectivity index is 1.72. The molecule has 1 saturated heterocycles. The number of hydrogen-bond acceptors (Lipinski definition) is 2. The van der Waals surface area contributed by atoms with E-state index in [1.54, 1.807) is 0 Å². The molecule has 3 aliphatic rings. The minimum Gasteiger partial charge on any atom is -0.325 e. The SMILES string of the molecule is CCC1NC2(CCCC2)C(=O)N1CC(C)C1CC1. The van der Waals surface area contributed by atoms with Crippen LogP contribution in [0.5, 0.6) is 0 Å². The van der Waals surface area contributed by atoms with Crippen molar-refractivity contribution in [3.05, 3.63) is 0 Å². The zero-order valence-electron chi connectivity index (χ0n) is 11.7. The monoisotopic (exact) mass is 250 g/mol. The highest BCUT2D eigenvalue weighted by Crippen LogP contribution is 2.40. The van der Waals surface area contributed by atoms with Gasteiger partial charge in [0, 0.05) is 6.54 Å². The van der Waals surface area contributed by atoms with E-state index >= 15 is 0 Å². The van der Waals surface area contributed by atoms with Gasteiger partial charge in [0.2, 0.25) is 5.91 Å². The van der Waals surface area contributed by atoms with Gasteiger partial charge in [-0.3, -0.25) is 10.1 Å². The third-order valence-electron chi connectivity index (χ3n) is 5.24. The number of hydrogen-bond donors (Lipinski definition) is 1. The average Bonchev–Trinajstić information content (AvgIpc) is 3.07. The van der Waals surface area contributed by atoms with Crippen molar-refractivity contribution in [1.29, 1.82) is 0 Å². The van der Waals surface area contributed by atoms with Gasteiger partial charge >= 0.3 is 0 Å². The van der Waals surface area contributed by atoms with E-state index < -0.39 is 0 Å². The molecule has 3 rings (SSSR count). The number of amides is 1. The molecule has 2 atom stereocenters. The van der Waals surface area contributed by atoms with Crippen LogP contribution in [0.4, 0.5) is 0 Å². The number of nitrogens with zero attached hydrogens (tertiary/aromatic N) is 1. The predicted molar refractivity (Wildman–Crippen MR) is 72.0 cm³/mol. The summed E-state index contributed by atoms with van der Waals surface area (Å²) in [6.07, 6.45) is 8.59. The molecule has 1 aliphatic heterocycles. The Kier molecular flexibility index (Phi) is 3.13. The lowest BCUT2D eigenvalue weighted by atomic mass is 9.97. The Labute approximate surface area is 110 Å².